The highest BCUT2D eigenvalue weighted by Gasteiger charge is 2.55. The Morgan fingerprint density at radius 1 is 2.00 bits per heavy atom. The molecule has 0 saturated heterocycles. The minimum Gasteiger partial charge on any atom is -0.299 e. The fourth-order valence-corrected chi connectivity index (χ4v) is 0.966. The third-order valence-electron chi connectivity index (χ3n) is 2.10. The Bertz CT molecular complexity index is 176. The van der Waals surface area contributed by atoms with E-state index < -0.39 is 11.6 Å². The number of Topliss-reactive ketones (excluding diaryl/α,β-unsaturated/α-hetero) is 1. The fraction of sp³-hybridized carbons (Fsp3) is 0.625. The molecule has 0 bridgehead atoms. The maximum atomic E-state index is 12.5. The molecule has 0 spiro atoms. The molecule has 0 aliphatic heterocycles. The second-order valence-corrected chi connectivity index (χ2v) is 3.01. The van der Waals surface area contributed by atoms with Crippen LogP contribution in [0.5, 0.6) is 0 Å². The molecule has 56 valence electrons. The van der Waals surface area contributed by atoms with Crippen molar-refractivity contribution in [3.05, 3.63) is 12.7 Å². The van der Waals surface area contributed by atoms with E-state index in [1.54, 1.807) is 6.92 Å². The standard InChI is InChI=1S/C8H11FO/c1-3-4-7(10)8(2)5-6(8)9/h3,6H,1,4-5H2,2H3. The maximum Gasteiger partial charge on any atom is 0.145 e. The van der Waals surface area contributed by atoms with Gasteiger partial charge in [0.05, 0.1) is 5.41 Å². The first kappa shape index (κ1) is 7.45. The van der Waals surface area contributed by atoms with Crippen LogP contribution in [0.4, 0.5) is 4.39 Å². The molecule has 1 fully saturated rings. The average molecular weight is 142 g/mol. The van der Waals surface area contributed by atoms with Crippen molar-refractivity contribution in [2.75, 3.05) is 0 Å². The third kappa shape index (κ3) is 0.981. The normalized spacial score (nSPS) is 37.2. The molecular formula is C8H11FO. The molecule has 2 heteroatoms. The summed E-state index contributed by atoms with van der Waals surface area (Å²) < 4.78 is 12.5. The number of carbonyl (C=O) groups excluding carboxylic acids is 1. The second-order valence-electron chi connectivity index (χ2n) is 3.01. The maximum absolute atomic E-state index is 12.5. The molecular weight excluding hydrogens is 131 g/mol. The molecule has 0 radical (unpaired) electrons. The van der Waals surface area contributed by atoms with Crippen LogP contribution < -0.4 is 0 Å². The Morgan fingerprint density at radius 2 is 2.50 bits per heavy atom. The lowest BCUT2D eigenvalue weighted by molar-refractivity contribution is -0.123. The van der Waals surface area contributed by atoms with Gasteiger partial charge in [0, 0.05) is 6.42 Å². The van der Waals surface area contributed by atoms with Gasteiger partial charge in [-0.25, -0.2) is 4.39 Å². The Balaban J connectivity index is 2.50. The third-order valence-corrected chi connectivity index (χ3v) is 2.10. The Hall–Kier alpha value is -0.660. The van der Waals surface area contributed by atoms with Crippen molar-refractivity contribution in [1.29, 1.82) is 0 Å². The summed E-state index contributed by atoms with van der Waals surface area (Å²) in [6.45, 7) is 5.09. The largest absolute Gasteiger partial charge is 0.299 e. The van der Waals surface area contributed by atoms with Crippen molar-refractivity contribution < 1.29 is 9.18 Å². The minimum atomic E-state index is -0.903. The van der Waals surface area contributed by atoms with Crippen LogP contribution in [0.1, 0.15) is 19.8 Å². The predicted molar refractivity (Wildman–Crippen MR) is 37.4 cm³/mol. The lowest BCUT2D eigenvalue weighted by Crippen LogP contribution is -2.13. The number of carbonyl (C=O) groups is 1. The first-order valence-electron chi connectivity index (χ1n) is 3.39. The summed E-state index contributed by atoms with van der Waals surface area (Å²) in [5.41, 5.74) is -0.659. The Labute approximate surface area is 59.9 Å². The molecule has 2 atom stereocenters. The van der Waals surface area contributed by atoms with E-state index in [0.717, 1.165) is 0 Å². The highest BCUT2D eigenvalue weighted by Crippen LogP contribution is 2.49. The van der Waals surface area contributed by atoms with Crippen LogP contribution in [-0.4, -0.2) is 12.0 Å². The number of alkyl halides is 1. The fourth-order valence-electron chi connectivity index (χ4n) is 0.966. The van der Waals surface area contributed by atoms with Crippen molar-refractivity contribution >= 4 is 5.78 Å². The SMILES string of the molecule is C=CCC(=O)C1(C)CC1F. The van der Waals surface area contributed by atoms with Crippen molar-refractivity contribution in [1.82, 2.24) is 0 Å². The zero-order valence-electron chi connectivity index (χ0n) is 6.06. The van der Waals surface area contributed by atoms with Crippen molar-refractivity contribution in [3.8, 4) is 0 Å². The number of hydrogen-bond acceptors (Lipinski definition) is 1. The second kappa shape index (κ2) is 2.19. The summed E-state index contributed by atoms with van der Waals surface area (Å²) in [6, 6.07) is 0. The van der Waals surface area contributed by atoms with Crippen LogP contribution in [0, 0.1) is 5.41 Å². The van der Waals surface area contributed by atoms with Gasteiger partial charge in [0.2, 0.25) is 0 Å². The topological polar surface area (TPSA) is 17.1 Å². The highest BCUT2D eigenvalue weighted by molar-refractivity contribution is 5.89. The summed E-state index contributed by atoms with van der Waals surface area (Å²) >= 11 is 0. The number of rotatable bonds is 3. The first-order valence-corrected chi connectivity index (χ1v) is 3.39. The van der Waals surface area contributed by atoms with Crippen LogP contribution in [0.3, 0.4) is 0 Å². The number of halogens is 1. The van der Waals surface area contributed by atoms with E-state index in [1.165, 1.54) is 6.08 Å². The monoisotopic (exact) mass is 142 g/mol. The molecule has 1 aliphatic rings. The molecule has 0 N–H and O–H groups in total. The van der Waals surface area contributed by atoms with Gasteiger partial charge in [-0.3, -0.25) is 4.79 Å². The van der Waals surface area contributed by atoms with Gasteiger partial charge in [-0.05, 0) is 13.3 Å². The highest BCUT2D eigenvalue weighted by atomic mass is 19.1. The van der Waals surface area contributed by atoms with E-state index in [1.807, 2.05) is 0 Å². The zero-order chi connectivity index (χ0) is 7.78. The van der Waals surface area contributed by atoms with Crippen molar-refractivity contribution in [3.63, 3.8) is 0 Å². The molecule has 1 rings (SSSR count). The van der Waals surface area contributed by atoms with Gasteiger partial charge in [-0.2, -0.15) is 0 Å². The van der Waals surface area contributed by atoms with E-state index in [-0.39, 0.29) is 5.78 Å². The Morgan fingerprint density at radius 3 is 2.80 bits per heavy atom. The molecule has 1 saturated carbocycles. The molecule has 0 amide bonds. The van der Waals surface area contributed by atoms with Gasteiger partial charge in [0.15, 0.2) is 0 Å². The van der Waals surface area contributed by atoms with Crippen LogP contribution in [0.2, 0.25) is 0 Å². The molecule has 2 unspecified atom stereocenters. The van der Waals surface area contributed by atoms with Gasteiger partial charge in [0.25, 0.3) is 0 Å². The van der Waals surface area contributed by atoms with Crippen molar-refractivity contribution in [2.24, 2.45) is 5.41 Å². The number of hydrogen-bond donors (Lipinski definition) is 0. The van der Waals surface area contributed by atoms with Gasteiger partial charge in [-0.1, -0.05) is 6.08 Å². The van der Waals surface area contributed by atoms with E-state index in [2.05, 4.69) is 6.58 Å². The molecule has 10 heavy (non-hydrogen) atoms. The lowest BCUT2D eigenvalue weighted by atomic mass is 10.0. The van der Waals surface area contributed by atoms with Crippen LogP contribution in [0.25, 0.3) is 0 Å². The first-order chi connectivity index (χ1) is 4.61. The Kier molecular flexibility index (Phi) is 1.63. The van der Waals surface area contributed by atoms with Crippen LogP contribution >= 0.6 is 0 Å². The minimum absolute atomic E-state index is 0.0185. The molecule has 0 aromatic carbocycles. The average Bonchev–Trinajstić information content (AvgIpc) is 2.43. The summed E-state index contributed by atoms with van der Waals surface area (Å²) in [5, 5.41) is 0. The van der Waals surface area contributed by atoms with Crippen molar-refractivity contribution in [2.45, 2.75) is 25.9 Å². The lowest BCUT2D eigenvalue weighted by Gasteiger charge is -2.02. The van der Waals surface area contributed by atoms with E-state index in [0.29, 0.717) is 12.8 Å². The van der Waals surface area contributed by atoms with Gasteiger partial charge < -0.3 is 0 Å². The summed E-state index contributed by atoms with van der Waals surface area (Å²) in [5.74, 6) is -0.0185. The molecule has 1 aliphatic carbocycles. The zero-order valence-corrected chi connectivity index (χ0v) is 6.06. The van der Waals surface area contributed by atoms with Gasteiger partial charge in [-0.15, -0.1) is 6.58 Å². The predicted octanol–water partition coefficient (Wildman–Crippen LogP) is 1.88. The quantitative estimate of drug-likeness (QED) is 0.550. The van der Waals surface area contributed by atoms with E-state index in [4.69, 9.17) is 0 Å². The smallest absolute Gasteiger partial charge is 0.145 e. The number of ketones is 1. The molecule has 0 aromatic heterocycles. The molecule has 1 nitrogen and oxygen atoms in total. The summed E-state index contributed by atoms with van der Waals surface area (Å²) in [6.07, 6.45) is 1.33. The van der Waals surface area contributed by atoms with E-state index in [9.17, 15) is 9.18 Å². The van der Waals surface area contributed by atoms with Gasteiger partial charge in [0.1, 0.15) is 12.0 Å². The van der Waals surface area contributed by atoms with Gasteiger partial charge >= 0.3 is 0 Å². The van der Waals surface area contributed by atoms with Crippen LogP contribution in [0.15, 0.2) is 12.7 Å². The van der Waals surface area contributed by atoms with Crippen LogP contribution in [-0.2, 0) is 4.79 Å². The van der Waals surface area contributed by atoms with E-state index >= 15 is 0 Å². The number of allylic oxidation sites excluding steroid dienone is 1. The summed E-state index contributed by atoms with van der Waals surface area (Å²) in [4.78, 5) is 11.0. The summed E-state index contributed by atoms with van der Waals surface area (Å²) in [7, 11) is 0. The molecule has 0 aromatic rings. The molecule has 0 heterocycles.